The Labute approximate surface area is 116 Å². The molecule has 20 heavy (non-hydrogen) atoms. The Kier molecular flexibility index (Phi) is 4.54. The maximum absolute atomic E-state index is 11.6. The predicted molar refractivity (Wildman–Crippen MR) is 75.3 cm³/mol. The van der Waals surface area contributed by atoms with E-state index in [1.54, 1.807) is 12.3 Å². The third kappa shape index (κ3) is 3.47. The molecular formula is C13H17N5O2. The topological polar surface area (TPSA) is 95.1 Å². The third-order valence-corrected chi connectivity index (χ3v) is 2.73. The van der Waals surface area contributed by atoms with Gasteiger partial charge in [0.15, 0.2) is 0 Å². The largest absolute Gasteiger partial charge is 0.465 e. The SMILES string of the molecule is COC(=O)c1cc(N)cnc1NCCCn1cccn1. The van der Waals surface area contributed by atoms with Crippen molar-refractivity contribution in [1.29, 1.82) is 0 Å². The van der Waals surface area contributed by atoms with Crippen LogP contribution in [0.5, 0.6) is 0 Å². The van der Waals surface area contributed by atoms with E-state index < -0.39 is 5.97 Å². The van der Waals surface area contributed by atoms with Gasteiger partial charge in [0.2, 0.25) is 0 Å². The Bertz CT molecular complexity index is 568. The Morgan fingerprint density at radius 2 is 2.40 bits per heavy atom. The summed E-state index contributed by atoms with van der Waals surface area (Å²) in [6, 6.07) is 3.43. The fraction of sp³-hybridized carbons (Fsp3) is 0.308. The molecule has 0 unspecified atom stereocenters. The number of methoxy groups -OCH3 is 1. The highest BCUT2D eigenvalue weighted by Gasteiger charge is 2.13. The summed E-state index contributed by atoms with van der Waals surface area (Å²) < 4.78 is 6.56. The monoisotopic (exact) mass is 275 g/mol. The molecule has 0 aromatic carbocycles. The molecule has 0 bridgehead atoms. The molecule has 0 radical (unpaired) electrons. The molecule has 0 aliphatic heterocycles. The second-order valence-corrected chi connectivity index (χ2v) is 4.21. The van der Waals surface area contributed by atoms with Crippen LogP contribution in [0.15, 0.2) is 30.7 Å². The average Bonchev–Trinajstić information content (AvgIpc) is 2.97. The van der Waals surface area contributed by atoms with Crippen LogP contribution in [-0.2, 0) is 11.3 Å². The summed E-state index contributed by atoms with van der Waals surface area (Å²) in [4.78, 5) is 15.8. The summed E-state index contributed by atoms with van der Waals surface area (Å²) in [6.07, 6.45) is 6.00. The van der Waals surface area contributed by atoms with Crippen molar-refractivity contribution in [2.45, 2.75) is 13.0 Å². The van der Waals surface area contributed by atoms with Crippen LogP contribution in [-0.4, -0.2) is 34.4 Å². The lowest BCUT2D eigenvalue weighted by atomic mass is 10.2. The van der Waals surface area contributed by atoms with Crippen LogP contribution in [0.25, 0.3) is 0 Å². The van der Waals surface area contributed by atoms with Gasteiger partial charge < -0.3 is 15.8 Å². The second-order valence-electron chi connectivity index (χ2n) is 4.21. The van der Waals surface area contributed by atoms with E-state index in [0.29, 0.717) is 23.6 Å². The fourth-order valence-corrected chi connectivity index (χ4v) is 1.77. The number of nitrogen functional groups attached to an aromatic ring is 1. The lowest BCUT2D eigenvalue weighted by Crippen LogP contribution is -2.13. The summed E-state index contributed by atoms with van der Waals surface area (Å²) in [5.74, 6) is 0.0193. The first-order valence-electron chi connectivity index (χ1n) is 6.26. The average molecular weight is 275 g/mol. The molecule has 0 spiro atoms. The number of nitrogens with one attached hydrogen (secondary N) is 1. The van der Waals surface area contributed by atoms with E-state index in [4.69, 9.17) is 10.5 Å². The highest BCUT2D eigenvalue weighted by atomic mass is 16.5. The standard InChI is InChI=1S/C13H17N5O2/c1-20-13(19)11-8-10(14)9-16-12(11)15-4-2-6-18-7-3-5-17-18/h3,5,7-9H,2,4,6,14H2,1H3,(H,15,16). The highest BCUT2D eigenvalue weighted by molar-refractivity contribution is 5.95. The minimum atomic E-state index is -0.459. The number of carbonyl (C=O) groups excluding carboxylic acids is 1. The maximum atomic E-state index is 11.6. The molecule has 2 aromatic heterocycles. The van der Waals surface area contributed by atoms with Gasteiger partial charge in [-0.15, -0.1) is 0 Å². The Morgan fingerprint density at radius 3 is 3.10 bits per heavy atom. The maximum Gasteiger partial charge on any atom is 0.341 e. The number of ether oxygens (including phenoxy) is 1. The van der Waals surface area contributed by atoms with E-state index in [1.807, 2.05) is 16.9 Å². The lowest BCUT2D eigenvalue weighted by molar-refractivity contribution is 0.0601. The van der Waals surface area contributed by atoms with Crippen LogP contribution in [0, 0.1) is 0 Å². The molecule has 0 fully saturated rings. The molecule has 0 saturated heterocycles. The summed E-state index contributed by atoms with van der Waals surface area (Å²) in [6.45, 7) is 1.46. The molecule has 0 aliphatic carbocycles. The minimum Gasteiger partial charge on any atom is -0.465 e. The number of aromatic nitrogens is 3. The zero-order valence-electron chi connectivity index (χ0n) is 11.2. The van der Waals surface area contributed by atoms with Crippen molar-refractivity contribution < 1.29 is 9.53 Å². The number of nitrogens with two attached hydrogens (primary N) is 1. The Morgan fingerprint density at radius 1 is 1.55 bits per heavy atom. The van der Waals surface area contributed by atoms with Gasteiger partial charge in [-0.25, -0.2) is 9.78 Å². The van der Waals surface area contributed by atoms with Gasteiger partial charge in [-0.2, -0.15) is 5.10 Å². The zero-order valence-corrected chi connectivity index (χ0v) is 11.2. The number of hydrogen-bond acceptors (Lipinski definition) is 6. The van der Waals surface area contributed by atoms with E-state index >= 15 is 0 Å². The quantitative estimate of drug-likeness (QED) is 0.606. The second kappa shape index (κ2) is 6.55. The van der Waals surface area contributed by atoms with Gasteiger partial charge in [-0.05, 0) is 18.6 Å². The molecule has 2 aromatic rings. The summed E-state index contributed by atoms with van der Waals surface area (Å²) in [7, 11) is 1.33. The van der Waals surface area contributed by atoms with E-state index in [9.17, 15) is 4.79 Å². The van der Waals surface area contributed by atoms with Gasteiger partial charge >= 0.3 is 5.97 Å². The molecule has 3 N–H and O–H groups in total. The molecule has 7 heteroatoms. The molecule has 0 amide bonds. The van der Waals surface area contributed by atoms with Crippen molar-refractivity contribution in [3.63, 3.8) is 0 Å². The molecule has 2 heterocycles. The van der Waals surface area contributed by atoms with Crippen molar-refractivity contribution in [3.05, 3.63) is 36.3 Å². The van der Waals surface area contributed by atoms with E-state index in [2.05, 4.69) is 15.4 Å². The Hall–Kier alpha value is -2.57. The number of nitrogens with zero attached hydrogens (tertiary/aromatic N) is 3. The van der Waals surface area contributed by atoms with Gasteiger partial charge in [0, 0.05) is 25.5 Å². The van der Waals surface area contributed by atoms with Gasteiger partial charge in [0.05, 0.1) is 19.0 Å². The number of rotatable bonds is 6. The number of esters is 1. The van der Waals surface area contributed by atoms with Gasteiger partial charge in [-0.1, -0.05) is 0 Å². The highest BCUT2D eigenvalue weighted by Crippen LogP contribution is 2.16. The summed E-state index contributed by atoms with van der Waals surface area (Å²) in [5, 5.41) is 7.22. The molecule has 2 rings (SSSR count). The smallest absolute Gasteiger partial charge is 0.341 e. The van der Waals surface area contributed by atoms with Crippen LogP contribution in [0.3, 0.4) is 0 Å². The van der Waals surface area contributed by atoms with Crippen LogP contribution < -0.4 is 11.1 Å². The fourth-order valence-electron chi connectivity index (χ4n) is 1.77. The lowest BCUT2D eigenvalue weighted by Gasteiger charge is -2.10. The normalized spacial score (nSPS) is 10.2. The molecular weight excluding hydrogens is 258 g/mol. The number of anilines is 2. The first kappa shape index (κ1) is 13.9. The molecule has 7 nitrogen and oxygen atoms in total. The van der Waals surface area contributed by atoms with Crippen LogP contribution in [0.2, 0.25) is 0 Å². The number of aryl methyl sites for hydroxylation is 1. The summed E-state index contributed by atoms with van der Waals surface area (Å²) >= 11 is 0. The van der Waals surface area contributed by atoms with Crippen molar-refractivity contribution in [2.75, 3.05) is 24.7 Å². The van der Waals surface area contributed by atoms with Crippen molar-refractivity contribution in [2.24, 2.45) is 0 Å². The van der Waals surface area contributed by atoms with Gasteiger partial charge in [0.25, 0.3) is 0 Å². The number of hydrogen-bond donors (Lipinski definition) is 2. The first-order valence-corrected chi connectivity index (χ1v) is 6.26. The molecule has 106 valence electrons. The van der Waals surface area contributed by atoms with Crippen molar-refractivity contribution in [3.8, 4) is 0 Å². The van der Waals surface area contributed by atoms with Crippen molar-refractivity contribution in [1.82, 2.24) is 14.8 Å². The molecule has 0 saturated carbocycles. The van der Waals surface area contributed by atoms with Gasteiger partial charge in [0.1, 0.15) is 11.4 Å². The van der Waals surface area contributed by atoms with Crippen LogP contribution in [0.4, 0.5) is 11.5 Å². The third-order valence-electron chi connectivity index (χ3n) is 2.73. The predicted octanol–water partition coefficient (Wildman–Crippen LogP) is 1.15. The van der Waals surface area contributed by atoms with Crippen LogP contribution in [0.1, 0.15) is 16.8 Å². The van der Waals surface area contributed by atoms with Gasteiger partial charge in [-0.3, -0.25) is 4.68 Å². The minimum absolute atomic E-state index is 0.339. The van der Waals surface area contributed by atoms with Crippen molar-refractivity contribution >= 4 is 17.5 Å². The van der Waals surface area contributed by atoms with Crippen LogP contribution >= 0.6 is 0 Å². The van der Waals surface area contributed by atoms with E-state index in [0.717, 1.165) is 13.0 Å². The summed E-state index contributed by atoms with van der Waals surface area (Å²) in [5.41, 5.74) is 6.39. The first-order chi connectivity index (χ1) is 9.70. The van der Waals surface area contributed by atoms with E-state index in [-0.39, 0.29) is 0 Å². The molecule has 0 atom stereocenters. The molecule has 0 aliphatic rings. The number of carbonyl (C=O) groups is 1. The van der Waals surface area contributed by atoms with E-state index in [1.165, 1.54) is 13.3 Å². The zero-order chi connectivity index (χ0) is 14.4. The Balaban J connectivity index is 1.93. The number of pyridine rings is 1.